The minimum atomic E-state index is -0.535. The van der Waals surface area contributed by atoms with Gasteiger partial charge in [-0.25, -0.2) is 0 Å². The molecule has 0 unspecified atom stereocenters. The molecule has 0 aliphatic heterocycles. The van der Waals surface area contributed by atoms with Gasteiger partial charge in [-0.05, 0) is 12.1 Å². The quantitative estimate of drug-likeness (QED) is 0.442. The second kappa shape index (κ2) is 8.55. The highest BCUT2D eigenvalue weighted by atomic mass is 35.5. The van der Waals surface area contributed by atoms with Gasteiger partial charge in [-0.2, -0.15) is 5.10 Å². The molecule has 0 aromatic heterocycles. The second-order valence-corrected chi connectivity index (χ2v) is 5.63. The monoisotopic (exact) mass is 383 g/mol. The number of methoxy groups -OCH3 is 2. The SMILES string of the molecule is COc1cc(OC)c([N+](=O)[O-])cc1/C=N\NCc1c(Cl)cccc1Cl. The van der Waals surface area contributed by atoms with Crippen molar-refractivity contribution in [3.8, 4) is 11.5 Å². The largest absolute Gasteiger partial charge is 0.496 e. The van der Waals surface area contributed by atoms with E-state index in [2.05, 4.69) is 10.5 Å². The summed E-state index contributed by atoms with van der Waals surface area (Å²) in [6.45, 7) is 0.301. The molecule has 0 spiro atoms. The van der Waals surface area contributed by atoms with E-state index in [9.17, 15) is 10.1 Å². The van der Waals surface area contributed by atoms with E-state index < -0.39 is 4.92 Å². The standard InChI is InChI=1S/C16H15Cl2N3O4/c1-24-15-7-16(25-2)14(21(22)23)6-10(15)8-19-20-9-11-12(17)4-3-5-13(11)18/h3-8,20H,9H2,1-2H3/b19-8-. The number of hydrazone groups is 1. The van der Waals surface area contributed by atoms with Gasteiger partial charge in [0.25, 0.3) is 0 Å². The number of nitrogens with zero attached hydrogens (tertiary/aromatic N) is 2. The molecular formula is C16H15Cl2N3O4. The van der Waals surface area contributed by atoms with E-state index in [0.29, 0.717) is 33.5 Å². The topological polar surface area (TPSA) is 86.0 Å². The summed E-state index contributed by atoms with van der Waals surface area (Å²) >= 11 is 12.2. The fourth-order valence-corrected chi connectivity index (χ4v) is 2.62. The Balaban J connectivity index is 2.20. The van der Waals surface area contributed by atoms with Crippen LogP contribution in [0, 0.1) is 10.1 Å². The first-order valence-corrected chi connectivity index (χ1v) is 7.82. The summed E-state index contributed by atoms with van der Waals surface area (Å²) in [6, 6.07) is 7.96. The minimum absolute atomic E-state index is 0.106. The van der Waals surface area contributed by atoms with Crippen LogP contribution in [0.25, 0.3) is 0 Å². The summed E-state index contributed by atoms with van der Waals surface area (Å²) < 4.78 is 10.2. The first-order chi connectivity index (χ1) is 12.0. The normalized spacial score (nSPS) is 10.7. The number of halogens is 2. The second-order valence-electron chi connectivity index (χ2n) is 4.82. The average Bonchev–Trinajstić information content (AvgIpc) is 2.59. The van der Waals surface area contributed by atoms with E-state index in [0.717, 1.165) is 0 Å². The summed E-state index contributed by atoms with van der Waals surface area (Å²) in [7, 11) is 2.80. The van der Waals surface area contributed by atoms with Crippen LogP contribution in [0.5, 0.6) is 11.5 Å². The fourth-order valence-electron chi connectivity index (χ4n) is 2.09. The molecule has 0 saturated carbocycles. The molecule has 7 nitrogen and oxygen atoms in total. The maximum Gasteiger partial charge on any atom is 0.311 e. The van der Waals surface area contributed by atoms with Gasteiger partial charge in [-0.15, -0.1) is 0 Å². The van der Waals surface area contributed by atoms with Gasteiger partial charge in [0.05, 0.1) is 31.9 Å². The molecule has 0 heterocycles. The van der Waals surface area contributed by atoms with Gasteiger partial charge < -0.3 is 14.9 Å². The molecule has 0 fully saturated rings. The van der Waals surface area contributed by atoms with Crippen LogP contribution >= 0.6 is 23.2 Å². The molecule has 132 valence electrons. The van der Waals surface area contributed by atoms with Gasteiger partial charge >= 0.3 is 5.69 Å². The van der Waals surface area contributed by atoms with E-state index in [1.165, 1.54) is 32.6 Å². The molecule has 0 aliphatic rings. The lowest BCUT2D eigenvalue weighted by Gasteiger charge is -2.09. The number of nitrogens with one attached hydrogen (secondary N) is 1. The molecule has 0 radical (unpaired) electrons. The molecule has 0 bridgehead atoms. The predicted octanol–water partition coefficient (Wildman–Crippen LogP) is 4.04. The summed E-state index contributed by atoms with van der Waals surface area (Å²) in [5.41, 5.74) is 3.75. The van der Waals surface area contributed by atoms with Crippen LogP contribution in [-0.4, -0.2) is 25.4 Å². The smallest absolute Gasteiger partial charge is 0.311 e. The molecule has 0 amide bonds. The third-order valence-electron chi connectivity index (χ3n) is 3.34. The van der Waals surface area contributed by atoms with Crippen LogP contribution in [0.4, 0.5) is 5.69 Å². The minimum Gasteiger partial charge on any atom is -0.496 e. The van der Waals surface area contributed by atoms with Gasteiger partial charge in [0.1, 0.15) is 5.75 Å². The van der Waals surface area contributed by atoms with Crippen molar-refractivity contribution in [1.29, 1.82) is 0 Å². The Morgan fingerprint density at radius 1 is 1.20 bits per heavy atom. The lowest BCUT2D eigenvalue weighted by molar-refractivity contribution is -0.385. The number of hydrogen-bond acceptors (Lipinski definition) is 6. The summed E-state index contributed by atoms with van der Waals surface area (Å²) in [5.74, 6) is 0.499. The number of benzene rings is 2. The Morgan fingerprint density at radius 3 is 2.40 bits per heavy atom. The Hall–Kier alpha value is -2.51. The van der Waals surface area contributed by atoms with Gasteiger partial charge in [-0.3, -0.25) is 10.1 Å². The Kier molecular flexibility index (Phi) is 6.44. The van der Waals surface area contributed by atoms with Crippen molar-refractivity contribution >= 4 is 35.1 Å². The van der Waals surface area contributed by atoms with E-state index >= 15 is 0 Å². The molecule has 0 atom stereocenters. The van der Waals surface area contributed by atoms with Gasteiger partial charge in [-0.1, -0.05) is 29.3 Å². The van der Waals surface area contributed by atoms with Crippen LogP contribution in [0.1, 0.15) is 11.1 Å². The zero-order valence-electron chi connectivity index (χ0n) is 13.5. The highest BCUT2D eigenvalue weighted by Gasteiger charge is 2.18. The molecule has 0 aliphatic carbocycles. The Morgan fingerprint density at radius 2 is 1.84 bits per heavy atom. The molecule has 2 rings (SSSR count). The first kappa shape index (κ1) is 18.8. The molecule has 0 saturated heterocycles. The summed E-state index contributed by atoms with van der Waals surface area (Å²) in [5, 5.41) is 16.2. The van der Waals surface area contributed by atoms with E-state index in [1.54, 1.807) is 18.2 Å². The predicted molar refractivity (Wildman–Crippen MR) is 97.1 cm³/mol. The Labute approximate surface area is 154 Å². The fraction of sp³-hybridized carbons (Fsp3) is 0.188. The number of nitro groups is 1. The highest BCUT2D eigenvalue weighted by molar-refractivity contribution is 6.35. The van der Waals surface area contributed by atoms with Crippen molar-refractivity contribution in [3.63, 3.8) is 0 Å². The van der Waals surface area contributed by atoms with E-state index in [4.69, 9.17) is 32.7 Å². The number of hydrogen-bond donors (Lipinski definition) is 1. The number of ether oxygens (including phenoxy) is 2. The first-order valence-electron chi connectivity index (χ1n) is 7.07. The number of rotatable bonds is 7. The summed E-state index contributed by atoms with van der Waals surface area (Å²) in [6.07, 6.45) is 1.41. The molecule has 2 aromatic carbocycles. The lowest BCUT2D eigenvalue weighted by atomic mass is 10.1. The van der Waals surface area contributed by atoms with E-state index in [1.807, 2.05) is 0 Å². The van der Waals surface area contributed by atoms with Crippen molar-refractivity contribution < 1.29 is 14.4 Å². The molecular weight excluding hydrogens is 369 g/mol. The third-order valence-corrected chi connectivity index (χ3v) is 4.05. The highest BCUT2D eigenvalue weighted by Crippen LogP contribution is 2.33. The molecule has 1 N–H and O–H groups in total. The maximum atomic E-state index is 11.1. The zero-order chi connectivity index (χ0) is 18.4. The number of nitro benzene ring substituents is 1. The zero-order valence-corrected chi connectivity index (χ0v) is 15.0. The van der Waals surface area contributed by atoms with Crippen molar-refractivity contribution in [2.45, 2.75) is 6.54 Å². The molecule has 2 aromatic rings. The van der Waals surface area contributed by atoms with Crippen molar-refractivity contribution in [2.24, 2.45) is 5.10 Å². The van der Waals surface area contributed by atoms with Crippen molar-refractivity contribution in [2.75, 3.05) is 14.2 Å². The average molecular weight is 384 g/mol. The van der Waals surface area contributed by atoms with Crippen LogP contribution in [0.15, 0.2) is 35.4 Å². The molecule has 25 heavy (non-hydrogen) atoms. The van der Waals surface area contributed by atoms with Gasteiger partial charge in [0.15, 0.2) is 0 Å². The van der Waals surface area contributed by atoms with Crippen LogP contribution in [0.3, 0.4) is 0 Å². The summed E-state index contributed by atoms with van der Waals surface area (Å²) in [4.78, 5) is 10.6. The third kappa shape index (κ3) is 4.52. The van der Waals surface area contributed by atoms with Crippen molar-refractivity contribution in [1.82, 2.24) is 5.43 Å². The van der Waals surface area contributed by atoms with Crippen LogP contribution in [-0.2, 0) is 6.54 Å². The van der Waals surface area contributed by atoms with Gasteiger partial charge in [0.2, 0.25) is 5.75 Å². The lowest BCUT2D eigenvalue weighted by Crippen LogP contribution is -2.07. The van der Waals surface area contributed by atoms with Gasteiger partial charge in [0, 0.05) is 33.3 Å². The molecule has 9 heteroatoms. The Bertz CT molecular complexity index is 792. The maximum absolute atomic E-state index is 11.1. The van der Waals surface area contributed by atoms with Crippen LogP contribution in [0.2, 0.25) is 10.0 Å². The van der Waals surface area contributed by atoms with Crippen molar-refractivity contribution in [3.05, 3.63) is 61.6 Å². The van der Waals surface area contributed by atoms with Crippen LogP contribution < -0.4 is 14.9 Å². The van der Waals surface area contributed by atoms with E-state index in [-0.39, 0.29) is 11.4 Å².